The van der Waals surface area contributed by atoms with Gasteiger partial charge in [-0.15, -0.1) is 0 Å². The van der Waals surface area contributed by atoms with Crippen LogP contribution >= 0.6 is 15.9 Å². The van der Waals surface area contributed by atoms with Gasteiger partial charge in [-0.05, 0) is 35.0 Å². The summed E-state index contributed by atoms with van der Waals surface area (Å²) in [6, 6.07) is 6.90. The minimum atomic E-state index is -0.960. The van der Waals surface area contributed by atoms with Crippen LogP contribution in [0.5, 0.6) is 0 Å². The van der Waals surface area contributed by atoms with Gasteiger partial charge in [-0.2, -0.15) is 0 Å². The minimum absolute atomic E-state index is 0.113. The Balaban J connectivity index is 2.53. The molecule has 6 nitrogen and oxygen atoms in total. The highest BCUT2D eigenvalue weighted by molar-refractivity contribution is 9.10. The highest BCUT2D eigenvalue weighted by Gasteiger charge is 2.15. The SMILES string of the molecule is CCN(CCC(=O)O)C(=O)CNC(=O)c1ccccc1Br. The Hall–Kier alpha value is -1.89. The summed E-state index contributed by atoms with van der Waals surface area (Å²) in [4.78, 5) is 35.8. The number of nitrogens with one attached hydrogen (secondary N) is 1. The lowest BCUT2D eigenvalue weighted by atomic mass is 10.2. The number of carbonyl (C=O) groups excluding carboxylic acids is 2. The molecule has 0 atom stereocenters. The predicted octanol–water partition coefficient (Wildman–Crippen LogP) is 1.50. The smallest absolute Gasteiger partial charge is 0.305 e. The van der Waals surface area contributed by atoms with Crippen LogP contribution < -0.4 is 5.32 Å². The first-order chi connectivity index (χ1) is 9.95. The molecule has 0 radical (unpaired) electrons. The van der Waals surface area contributed by atoms with Gasteiger partial charge in [0.15, 0.2) is 0 Å². The van der Waals surface area contributed by atoms with Crippen LogP contribution in [0, 0.1) is 0 Å². The maximum Gasteiger partial charge on any atom is 0.305 e. The van der Waals surface area contributed by atoms with E-state index in [4.69, 9.17) is 5.11 Å². The van der Waals surface area contributed by atoms with E-state index in [1.807, 2.05) is 0 Å². The van der Waals surface area contributed by atoms with Crippen molar-refractivity contribution in [2.75, 3.05) is 19.6 Å². The molecule has 0 aliphatic carbocycles. The molecule has 1 aromatic carbocycles. The van der Waals surface area contributed by atoms with E-state index in [-0.39, 0.29) is 31.3 Å². The maximum absolute atomic E-state index is 11.9. The molecule has 0 spiro atoms. The van der Waals surface area contributed by atoms with Crippen LogP contribution in [0.25, 0.3) is 0 Å². The molecule has 0 bridgehead atoms. The van der Waals surface area contributed by atoms with E-state index in [1.165, 1.54) is 4.90 Å². The van der Waals surface area contributed by atoms with E-state index in [0.717, 1.165) is 0 Å². The van der Waals surface area contributed by atoms with Crippen molar-refractivity contribution in [3.05, 3.63) is 34.3 Å². The van der Waals surface area contributed by atoms with E-state index in [0.29, 0.717) is 16.6 Å². The lowest BCUT2D eigenvalue weighted by molar-refractivity contribution is -0.138. The van der Waals surface area contributed by atoms with Crippen molar-refractivity contribution in [3.8, 4) is 0 Å². The van der Waals surface area contributed by atoms with Gasteiger partial charge < -0.3 is 15.3 Å². The first-order valence-corrected chi connectivity index (χ1v) is 7.27. The lowest BCUT2D eigenvalue weighted by Crippen LogP contribution is -2.41. The van der Waals surface area contributed by atoms with Gasteiger partial charge in [0.05, 0.1) is 18.5 Å². The molecule has 114 valence electrons. The van der Waals surface area contributed by atoms with Crippen LogP contribution in [-0.4, -0.2) is 47.4 Å². The fraction of sp³-hybridized carbons (Fsp3) is 0.357. The van der Waals surface area contributed by atoms with Crippen molar-refractivity contribution < 1.29 is 19.5 Å². The predicted molar refractivity (Wildman–Crippen MR) is 81.0 cm³/mol. The molecule has 1 rings (SSSR count). The van der Waals surface area contributed by atoms with E-state index >= 15 is 0 Å². The van der Waals surface area contributed by atoms with Crippen molar-refractivity contribution in [2.24, 2.45) is 0 Å². The Bertz CT molecular complexity index is 533. The second-order valence-corrected chi connectivity index (χ2v) is 5.13. The zero-order valence-corrected chi connectivity index (χ0v) is 13.2. The highest BCUT2D eigenvalue weighted by atomic mass is 79.9. The highest BCUT2D eigenvalue weighted by Crippen LogP contribution is 2.15. The van der Waals surface area contributed by atoms with Crippen molar-refractivity contribution >= 4 is 33.7 Å². The van der Waals surface area contributed by atoms with Gasteiger partial charge in [-0.3, -0.25) is 14.4 Å². The summed E-state index contributed by atoms with van der Waals surface area (Å²) < 4.78 is 0.646. The summed E-state index contributed by atoms with van der Waals surface area (Å²) in [5, 5.41) is 11.2. The quantitative estimate of drug-likeness (QED) is 0.774. The number of halogens is 1. The standard InChI is InChI=1S/C14H17BrN2O4/c1-2-17(8-7-13(19)20)12(18)9-16-14(21)10-5-3-4-6-11(10)15/h3-6H,2,7-9H2,1H3,(H,16,21)(H,19,20). The average molecular weight is 357 g/mol. The van der Waals surface area contributed by atoms with Gasteiger partial charge in [0, 0.05) is 17.6 Å². The summed E-state index contributed by atoms with van der Waals surface area (Å²) in [5.41, 5.74) is 0.443. The van der Waals surface area contributed by atoms with Gasteiger partial charge in [-0.1, -0.05) is 12.1 Å². The minimum Gasteiger partial charge on any atom is -0.481 e. The number of likely N-dealkylation sites (N-methyl/N-ethyl adjacent to an activating group) is 1. The van der Waals surface area contributed by atoms with E-state index in [9.17, 15) is 14.4 Å². The number of hydrogen-bond acceptors (Lipinski definition) is 3. The summed E-state index contributed by atoms with van der Waals surface area (Å²) in [6.45, 7) is 2.13. The number of rotatable bonds is 7. The molecular formula is C14H17BrN2O4. The van der Waals surface area contributed by atoms with Gasteiger partial charge in [0.2, 0.25) is 5.91 Å². The molecule has 7 heteroatoms. The summed E-state index contributed by atoms with van der Waals surface area (Å²) in [5.74, 6) is -1.62. The monoisotopic (exact) mass is 356 g/mol. The Morgan fingerprint density at radius 2 is 1.95 bits per heavy atom. The number of carbonyl (C=O) groups is 3. The van der Waals surface area contributed by atoms with Crippen molar-refractivity contribution in [1.82, 2.24) is 10.2 Å². The molecule has 0 saturated heterocycles. The number of benzene rings is 1. The van der Waals surface area contributed by atoms with Crippen LogP contribution in [0.2, 0.25) is 0 Å². The second kappa shape index (κ2) is 8.41. The zero-order chi connectivity index (χ0) is 15.8. The van der Waals surface area contributed by atoms with E-state index < -0.39 is 5.97 Å². The normalized spacial score (nSPS) is 10.0. The third-order valence-corrected chi connectivity index (χ3v) is 3.54. The Kier molecular flexibility index (Phi) is 6.87. The topological polar surface area (TPSA) is 86.7 Å². The van der Waals surface area contributed by atoms with Gasteiger partial charge in [-0.25, -0.2) is 0 Å². The van der Waals surface area contributed by atoms with E-state index in [2.05, 4.69) is 21.2 Å². The van der Waals surface area contributed by atoms with Crippen molar-refractivity contribution in [3.63, 3.8) is 0 Å². The van der Waals surface area contributed by atoms with Crippen LogP contribution in [0.4, 0.5) is 0 Å². The van der Waals surface area contributed by atoms with E-state index in [1.54, 1.807) is 31.2 Å². The molecule has 0 aromatic heterocycles. The number of aliphatic carboxylic acids is 1. The summed E-state index contributed by atoms with van der Waals surface area (Å²) in [6.07, 6.45) is -0.113. The third kappa shape index (κ3) is 5.55. The number of hydrogen-bond donors (Lipinski definition) is 2. The molecule has 1 aromatic rings. The van der Waals surface area contributed by atoms with Crippen molar-refractivity contribution in [2.45, 2.75) is 13.3 Å². The van der Waals surface area contributed by atoms with Gasteiger partial charge in [0.25, 0.3) is 5.91 Å². The first-order valence-electron chi connectivity index (χ1n) is 6.48. The second-order valence-electron chi connectivity index (χ2n) is 4.28. The molecule has 0 heterocycles. The average Bonchev–Trinajstić information content (AvgIpc) is 2.45. The summed E-state index contributed by atoms with van der Waals surface area (Å²) in [7, 11) is 0. The summed E-state index contributed by atoms with van der Waals surface area (Å²) >= 11 is 3.27. The molecule has 0 saturated carbocycles. The van der Waals surface area contributed by atoms with Crippen LogP contribution in [0.3, 0.4) is 0 Å². The number of carboxylic acid groups (broad SMARTS) is 1. The number of carboxylic acids is 1. The number of amides is 2. The molecule has 0 aliphatic rings. The fourth-order valence-corrected chi connectivity index (χ4v) is 2.16. The van der Waals surface area contributed by atoms with Crippen LogP contribution in [0.1, 0.15) is 23.7 Å². The lowest BCUT2D eigenvalue weighted by Gasteiger charge is -2.20. The van der Waals surface area contributed by atoms with Gasteiger partial charge >= 0.3 is 5.97 Å². The Labute approximate surface area is 131 Å². The Morgan fingerprint density at radius 3 is 2.52 bits per heavy atom. The molecule has 0 fully saturated rings. The molecule has 0 unspecified atom stereocenters. The zero-order valence-electron chi connectivity index (χ0n) is 11.6. The molecular weight excluding hydrogens is 340 g/mol. The first kappa shape index (κ1) is 17.2. The fourth-order valence-electron chi connectivity index (χ4n) is 1.70. The molecule has 0 aliphatic heterocycles. The molecule has 21 heavy (non-hydrogen) atoms. The maximum atomic E-state index is 11.9. The van der Waals surface area contributed by atoms with Gasteiger partial charge in [0.1, 0.15) is 0 Å². The number of nitrogens with zero attached hydrogens (tertiary/aromatic N) is 1. The molecule has 2 amide bonds. The van der Waals surface area contributed by atoms with Crippen LogP contribution in [-0.2, 0) is 9.59 Å². The largest absolute Gasteiger partial charge is 0.481 e. The third-order valence-electron chi connectivity index (χ3n) is 2.85. The Morgan fingerprint density at radius 1 is 1.29 bits per heavy atom. The van der Waals surface area contributed by atoms with Crippen molar-refractivity contribution in [1.29, 1.82) is 0 Å². The van der Waals surface area contributed by atoms with Crippen LogP contribution in [0.15, 0.2) is 28.7 Å². The molecule has 2 N–H and O–H groups in total.